The van der Waals surface area contributed by atoms with Crippen LogP contribution in [0.2, 0.25) is 0 Å². The highest BCUT2D eigenvalue weighted by atomic mass is 16.5. The topological polar surface area (TPSA) is 62.3 Å². The molecule has 0 saturated heterocycles. The van der Waals surface area contributed by atoms with Gasteiger partial charge in [0.2, 0.25) is 0 Å². The zero-order valence-electron chi connectivity index (χ0n) is 14.9. The summed E-state index contributed by atoms with van der Waals surface area (Å²) < 4.78 is 13.1. The number of benzene rings is 1. The van der Waals surface area contributed by atoms with E-state index >= 15 is 0 Å². The highest BCUT2D eigenvalue weighted by molar-refractivity contribution is 5.81. The van der Waals surface area contributed by atoms with Gasteiger partial charge in [0.05, 0.1) is 25.3 Å². The summed E-state index contributed by atoms with van der Waals surface area (Å²) in [6, 6.07) is 4.08. The lowest BCUT2D eigenvalue weighted by Gasteiger charge is -2.18. The van der Waals surface area contributed by atoms with Gasteiger partial charge in [0, 0.05) is 30.6 Å². The second-order valence-electron chi connectivity index (χ2n) is 5.96. The van der Waals surface area contributed by atoms with E-state index in [4.69, 9.17) is 20.2 Å². The van der Waals surface area contributed by atoms with Crippen LogP contribution in [0.25, 0.3) is 11.0 Å². The van der Waals surface area contributed by atoms with E-state index in [1.165, 1.54) is 0 Å². The van der Waals surface area contributed by atoms with Crippen LogP contribution >= 0.6 is 0 Å². The van der Waals surface area contributed by atoms with E-state index in [1.54, 1.807) is 14.2 Å². The Kier molecular flexibility index (Phi) is 5.88. The second-order valence-corrected chi connectivity index (χ2v) is 5.96. The van der Waals surface area contributed by atoms with Crippen LogP contribution in [0, 0.1) is 0 Å². The first kappa shape index (κ1) is 17.6. The maximum atomic E-state index is 6.23. The van der Waals surface area contributed by atoms with Crippen LogP contribution in [-0.4, -0.2) is 29.8 Å². The summed E-state index contributed by atoms with van der Waals surface area (Å²) in [6.45, 7) is 7.30. The number of hydrogen-bond donors (Lipinski definition) is 1. The number of hydrogen-bond acceptors (Lipinski definition) is 4. The molecule has 5 heteroatoms. The third-order valence-electron chi connectivity index (χ3n) is 4.58. The molecule has 23 heavy (non-hydrogen) atoms. The third kappa shape index (κ3) is 3.44. The molecule has 0 radical (unpaired) electrons. The molecule has 1 unspecified atom stereocenters. The fourth-order valence-corrected chi connectivity index (χ4v) is 2.99. The monoisotopic (exact) mass is 319 g/mol. The molecular weight excluding hydrogens is 290 g/mol. The molecule has 1 aromatic heterocycles. The molecule has 2 rings (SSSR count). The van der Waals surface area contributed by atoms with Crippen molar-refractivity contribution in [3.8, 4) is 11.5 Å². The Hall–Kier alpha value is -1.75. The maximum Gasteiger partial charge on any atom is 0.163 e. The van der Waals surface area contributed by atoms with Gasteiger partial charge in [-0.2, -0.15) is 0 Å². The quantitative estimate of drug-likeness (QED) is 0.806. The molecule has 0 aliphatic carbocycles. The first-order chi connectivity index (χ1) is 11.1. The van der Waals surface area contributed by atoms with Gasteiger partial charge in [-0.25, -0.2) is 4.98 Å². The van der Waals surface area contributed by atoms with E-state index in [9.17, 15) is 0 Å². The van der Waals surface area contributed by atoms with Crippen molar-refractivity contribution in [3.63, 3.8) is 0 Å². The molecule has 0 bridgehead atoms. The minimum atomic E-state index is 0.119. The first-order valence-corrected chi connectivity index (χ1v) is 8.47. The first-order valence-electron chi connectivity index (χ1n) is 8.47. The number of aromatic nitrogens is 2. The Labute approximate surface area is 138 Å². The van der Waals surface area contributed by atoms with Crippen molar-refractivity contribution in [2.45, 2.75) is 58.5 Å². The maximum absolute atomic E-state index is 6.23. The van der Waals surface area contributed by atoms with Gasteiger partial charge >= 0.3 is 0 Å². The summed E-state index contributed by atoms with van der Waals surface area (Å²) in [5.41, 5.74) is 8.23. The molecule has 1 atom stereocenters. The van der Waals surface area contributed by atoms with Crippen LogP contribution in [0.5, 0.6) is 11.5 Å². The standard InChI is InChI=1S/C18H29N3O2/c1-6-12(7-2)18-20-14-9-16(22-4)17(23-5)10-15(14)21(18)11-13(19)8-3/h9-10,12-13H,6-8,11,19H2,1-5H3. The number of nitrogens with two attached hydrogens (primary N) is 1. The van der Waals surface area contributed by atoms with Crippen LogP contribution in [0.3, 0.4) is 0 Å². The summed E-state index contributed by atoms with van der Waals surface area (Å²) in [5, 5.41) is 0. The van der Waals surface area contributed by atoms with E-state index in [0.717, 1.165) is 48.4 Å². The van der Waals surface area contributed by atoms with E-state index in [2.05, 4.69) is 25.3 Å². The van der Waals surface area contributed by atoms with Gasteiger partial charge in [-0.15, -0.1) is 0 Å². The summed E-state index contributed by atoms with van der Waals surface area (Å²) >= 11 is 0. The molecule has 0 fully saturated rings. The molecule has 0 aliphatic heterocycles. The van der Waals surface area contributed by atoms with E-state index in [1.807, 2.05) is 12.1 Å². The van der Waals surface area contributed by atoms with Crippen molar-refractivity contribution in [1.82, 2.24) is 9.55 Å². The molecule has 1 heterocycles. The molecule has 0 saturated carbocycles. The van der Waals surface area contributed by atoms with Crippen LogP contribution in [0.15, 0.2) is 12.1 Å². The minimum absolute atomic E-state index is 0.119. The SMILES string of the molecule is CCC(N)Cn1c(C(CC)CC)nc2cc(OC)c(OC)cc21. The van der Waals surface area contributed by atoms with Crippen molar-refractivity contribution >= 4 is 11.0 Å². The third-order valence-corrected chi connectivity index (χ3v) is 4.58. The number of fused-ring (bicyclic) bond motifs is 1. The predicted octanol–water partition coefficient (Wildman–Crippen LogP) is 3.69. The highest BCUT2D eigenvalue weighted by Gasteiger charge is 2.20. The summed E-state index contributed by atoms with van der Waals surface area (Å²) in [7, 11) is 3.31. The molecule has 0 amide bonds. The summed E-state index contributed by atoms with van der Waals surface area (Å²) in [5.74, 6) is 2.98. The van der Waals surface area contributed by atoms with E-state index in [0.29, 0.717) is 11.7 Å². The predicted molar refractivity (Wildman–Crippen MR) is 94.4 cm³/mol. The lowest BCUT2D eigenvalue weighted by atomic mass is 10.0. The Balaban J connectivity index is 2.65. The van der Waals surface area contributed by atoms with E-state index in [-0.39, 0.29) is 6.04 Å². The van der Waals surface area contributed by atoms with Crippen molar-refractivity contribution in [2.24, 2.45) is 5.73 Å². The summed E-state index contributed by atoms with van der Waals surface area (Å²) in [6.07, 6.45) is 3.07. The van der Waals surface area contributed by atoms with Crippen LogP contribution in [0.4, 0.5) is 0 Å². The average Bonchev–Trinajstić information content (AvgIpc) is 2.92. The van der Waals surface area contributed by atoms with Gasteiger partial charge in [-0.05, 0) is 19.3 Å². The van der Waals surface area contributed by atoms with Crippen molar-refractivity contribution in [1.29, 1.82) is 0 Å². The Morgan fingerprint density at radius 1 is 1.04 bits per heavy atom. The number of methoxy groups -OCH3 is 2. The summed E-state index contributed by atoms with van der Waals surface area (Å²) in [4.78, 5) is 4.90. The largest absolute Gasteiger partial charge is 0.493 e. The van der Waals surface area contributed by atoms with Gasteiger partial charge in [0.15, 0.2) is 11.5 Å². The number of imidazole rings is 1. The zero-order chi connectivity index (χ0) is 17.0. The molecule has 1 aromatic carbocycles. The van der Waals surface area contributed by atoms with Crippen molar-refractivity contribution in [3.05, 3.63) is 18.0 Å². The Morgan fingerprint density at radius 3 is 2.17 bits per heavy atom. The molecule has 5 nitrogen and oxygen atoms in total. The van der Waals surface area contributed by atoms with Crippen LogP contribution < -0.4 is 15.2 Å². The average molecular weight is 319 g/mol. The minimum Gasteiger partial charge on any atom is -0.493 e. The lowest BCUT2D eigenvalue weighted by molar-refractivity contribution is 0.355. The lowest BCUT2D eigenvalue weighted by Crippen LogP contribution is -2.26. The smallest absolute Gasteiger partial charge is 0.163 e. The van der Waals surface area contributed by atoms with Gasteiger partial charge in [-0.3, -0.25) is 0 Å². The molecule has 2 N–H and O–H groups in total. The fraction of sp³-hybridized carbons (Fsp3) is 0.611. The Bertz CT molecular complexity index is 647. The molecule has 2 aromatic rings. The zero-order valence-corrected chi connectivity index (χ0v) is 14.9. The van der Waals surface area contributed by atoms with Crippen LogP contribution in [0.1, 0.15) is 51.8 Å². The van der Waals surface area contributed by atoms with Gasteiger partial charge in [0.25, 0.3) is 0 Å². The normalized spacial score (nSPS) is 12.8. The fourth-order valence-electron chi connectivity index (χ4n) is 2.99. The van der Waals surface area contributed by atoms with Gasteiger partial charge in [0.1, 0.15) is 5.82 Å². The molecular formula is C18H29N3O2. The van der Waals surface area contributed by atoms with Gasteiger partial charge < -0.3 is 19.8 Å². The van der Waals surface area contributed by atoms with Crippen molar-refractivity contribution < 1.29 is 9.47 Å². The molecule has 128 valence electrons. The highest BCUT2D eigenvalue weighted by Crippen LogP contribution is 2.35. The number of rotatable bonds is 8. The van der Waals surface area contributed by atoms with Gasteiger partial charge in [-0.1, -0.05) is 20.8 Å². The van der Waals surface area contributed by atoms with E-state index < -0.39 is 0 Å². The Morgan fingerprint density at radius 2 is 1.65 bits per heavy atom. The number of ether oxygens (including phenoxy) is 2. The molecule has 0 aliphatic rings. The van der Waals surface area contributed by atoms with Crippen molar-refractivity contribution in [2.75, 3.05) is 14.2 Å². The van der Waals surface area contributed by atoms with Crippen LogP contribution in [-0.2, 0) is 6.54 Å². The number of nitrogens with zero attached hydrogens (tertiary/aromatic N) is 2. The molecule has 0 spiro atoms. The second kappa shape index (κ2) is 7.68.